The van der Waals surface area contributed by atoms with Crippen molar-refractivity contribution in [2.45, 2.75) is 6.92 Å². The molecule has 8 nitrogen and oxygen atoms in total. The predicted molar refractivity (Wildman–Crippen MR) is 43.3 cm³/mol. The zero-order valence-corrected chi connectivity index (χ0v) is 7.51. The number of hydrogen-bond donors (Lipinski definition) is 1. The van der Waals surface area contributed by atoms with E-state index in [4.69, 9.17) is 0 Å². The monoisotopic (exact) mass is 202 g/mol. The maximum absolute atomic E-state index is 10.7. The fourth-order valence-corrected chi connectivity index (χ4v) is 0.475. The van der Waals surface area contributed by atoms with Crippen molar-refractivity contribution in [3.8, 4) is 0 Å². The molecule has 0 aliphatic rings. The fraction of sp³-hybridized carbons (Fsp3) is 0.333. The van der Waals surface area contributed by atoms with E-state index in [1.807, 2.05) is 5.43 Å². The first kappa shape index (κ1) is 11.9. The van der Waals surface area contributed by atoms with E-state index in [0.29, 0.717) is 6.20 Å². The van der Waals surface area contributed by atoms with E-state index >= 15 is 0 Å². The van der Waals surface area contributed by atoms with Crippen LogP contribution >= 0.6 is 0 Å². The molecule has 0 rings (SSSR count). The SMILES string of the molecule is COC(=O)/C(=C/N/N=C(/C)[O-])[N+](=O)[O-]. The summed E-state index contributed by atoms with van der Waals surface area (Å²) in [5.74, 6) is -1.70. The largest absolute Gasteiger partial charge is 0.861 e. The number of methoxy groups -OCH3 is 1. The van der Waals surface area contributed by atoms with Crippen molar-refractivity contribution in [3.05, 3.63) is 22.0 Å². The molecule has 0 radical (unpaired) electrons. The second kappa shape index (κ2) is 5.51. The van der Waals surface area contributed by atoms with Crippen molar-refractivity contribution in [1.29, 1.82) is 0 Å². The van der Waals surface area contributed by atoms with E-state index in [1.165, 1.54) is 0 Å². The van der Waals surface area contributed by atoms with Crippen molar-refractivity contribution in [2.24, 2.45) is 5.10 Å². The molecule has 0 fully saturated rings. The Labute approximate surface area is 79.0 Å². The van der Waals surface area contributed by atoms with Gasteiger partial charge in [-0.25, -0.2) is 4.79 Å². The van der Waals surface area contributed by atoms with Gasteiger partial charge in [0, 0.05) is 0 Å². The predicted octanol–water partition coefficient (Wildman–Crippen LogP) is -1.44. The summed E-state index contributed by atoms with van der Waals surface area (Å²) in [6, 6.07) is 0. The van der Waals surface area contributed by atoms with E-state index in [-0.39, 0.29) is 0 Å². The number of hydrazone groups is 1. The second-order valence-corrected chi connectivity index (χ2v) is 2.04. The van der Waals surface area contributed by atoms with Gasteiger partial charge in [0.05, 0.1) is 12.0 Å². The molecule has 0 aliphatic carbocycles. The van der Waals surface area contributed by atoms with Crippen molar-refractivity contribution in [3.63, 3.8) is 0 Å². The maximum atomic E-state index is 10.7. The quantitative estimate of drug-likeness (QED) is 0.149. The summed E-state index contributed by atoms with van der Waals surface area (Å²) in [7, 11) is 1.00. The van der Waals surface area contributed by atoms with Gasteiger partial charge in [-0.3, -0.25) is 15.5 Å². The molecule has 0 spiro atoms. The Kier molecular flexibility index (Phi) is 4.68. The summed E-state index contributed by atoms with van der Waals surface area (Å²) >= 11 is 0. The van der Waals surface area contributed by atoms with Crippen LogP contribution in [0.5, 0.6) is 0 Å². The molecule has 0 aliphatic heterocycles. The molecule has 0 aromatic carbocycles. The number of nitro groups is 1. The number of nitrogens with one attached hydrogen (secondary N) is 1. The minimum absolute atomic E-state index is 0.575. The Morgan fingerprint density at radius 1 is 1.64 bits per heavy atom. The molecule has 0 unspecified atom stereocenters. The highest BCUT2D eigenvalue weighted by Gasteiger charge is 2.22. The zero-order chi connectivity index (χ0) is 11.1. The summed E-state index contributed by atoms with van der Waals surface area (Å²) in [6.45, 7) is 1.14. The molecule has 0 atom stereocenters. The second-order valence-electron chi connectivity index (χ2n) is 2.04. The maximum Gasteiger partial charge on any atom is 0.411 e. The van der Waals surface area contributed by atoms with Crippen LogP contribution in [0.2, 0.25) is 0 Å². The molecular weight excluding hydrogens is 194 g/mol. The first-order chi connectivity index (χ1) is 6.49. The van der Waals surface area contributed by atoms with E-state index in [2.05, 4.69) is 9.84 Å². The minimum Gasteiger partial charge on any atom is -0.861 e. The number of carbonyl (C=O) groups excluding carboxylic acids is 1. The van der Waals surface area contributed by atoms with E-state index in [1.54, 1.807) is 0 Å². The molecule has 14 heavy (non-hydrogen) atoms. The first-order valence-electron chi connectivity index (χ1n) is 3.38. The van der Waals surface area contributed by atoms with Crippen LogP contribution in [0.1, 0.15) is 6.92 Å². The van der Waals surface area contributed by atoms with Crippen LogP contribution in [0.25, 0.3) is 0 Å². The average Bonchev–Trinajstić information content (AvgIpc) is 2.10. The van der Waals surface area contributed by atoms with E-state index in [9.17, 15) is 20.0 Å². The normalized spacial score (nSPS) is 12.1. The van der Waals surface area contributed by atoms with Crippen LogP contribution in [-0.4, -0.2) is 23.9 Å². The lowest BCUT2D eigenvalue weighted by atomic mass is 10.5. The van der Waals surface area contributed by atoms with Gasteiger partial charge >= 0.3 is 11.7 Å². The summed E-state index contributed by atoms with van der Waals surface area (Å²) in [5, 5.41) is 23.6. The number of carbonyl (C=O) groups is 1. The smallest absolute Gasteiger partial charge is 0.411 e. The van der Waals surface area contributed by atoms with E-state index in [0.717, 1.165) is 14.0 Å². The van der Waals surface area contributed by atoms with Gasteiger partial charge in [-0.1, -0.05) is 0 Å². The van der Waals surface area contributed by atoms with E-state index < -0.39 is 22.5 Å². The lowest BCUT2D eigenvalue weighted by Crippen LogP contribution is -2.19. The topological polar surface area (TPSA) is 117 Å². The Balaban J connectivity index is 4.58. The summed E-state index contributed by atoms with van der Waals surface area (Å²) in [5.41, 5.74) is 1.12. The third kappa shape index (κ3) is 4.04. The molecule has 0 heterocycles. The summed E-state index contributed by atoms with van der Waals surface area (Å²) in [6.07, 6.45) is 0.674. The third-order valence-corrected chi connectivity index (χ3v) is 1.01. The number of ether oxygens (including phenoxy) is 1. The first-order valence-corrected chi connectivity index (χ1v) is 3.38. The molecule has 0 amide bonds. The van der Waals surface area contributed by atoms with Gasteiger partial charge in [-0.2, -0.15) is 5.10 Å². The van der Waals surface area contributed by atoms with Gasteiger partial charge in [0.25, 0.3) is 0 Å². The number of nitrogens with zero attached hydrogens (tertiary/aromatic N) is 2. The lowest BCUT2D eigenvalue weighted by molar-refractivity contribution is -0.421. The van der Waals surface area contributed by atoms with Crippen molar-refractivity contribution < 1.29 is 19.6 Å². The molecule has 0 aromatic heterocycles. The molecule has 0 saturated carbocycles. The van der Waals surface area contributed by atoms with Gasteiger partial charge in [0.2, 0.25) is 0 Å². The van der Waals surface area contributed by atoms with Crippen molar-refractivity contribution >= 4 is 11.9 Å². The average molecular weight is 202 g/mol. The Bertz CT molecular complexity index is 292. The van der Waals surface area contributed by atoms with Crippen LogP contribution in [0, 0.1) is 10.1 Å². The van der Waals surface area contributed by atoms with Gasteiger partial charge in [0.1, 0.15) is 6.20 Å². The Hall–Kier alpha value is -2.12. The van der Waals surface area contributed by atoms with Crippen molar-refractivity contribution in [2.75, 3.05) is 7.11 Å². The number of rotatable bonds is 4. The standard InChI is InChI=1S/C6H9N3O5/c1-4(10)8-7-3-5(9(12)13)6(11)14-2/h3,7H,1-2H3,(H,8,10)/p-1/b5-3-. The lowest BCUT2D eigenvalue weighted by Gasteiger charge is -2.00. The van der Waals surface area contributed by atoms with Crippen molar-refractivity contribution in [1.82, 2.24) is 5.43 Å². The fourth-order valence-electron chi connectivity index (χ4n) is 0.475. The molecule has 78 valence electrons. The summed E-state index contributed by atoms with van der Waals surface area (Å²) in [4.78, 5) is 20.0. The molecule has 0 saturated heterocycles. The minimum atomic E-state index is -1.12. The van der Waals surface area contributed by atoms with Crippen LogP contribution < -0.4 is 10.5 Å². The van der Waals surface area contributed by atoms with Gasteiger partial charge in [0.15, 0.2) is 0 Å². The highest BCUT2D eigenvalue weighted by molar-refractivity contribution is 5.85. The highest BCUT2D eigenvalue weighted by Crippen LogP contribution is 1.96. The molecule has 0 bridgehead atoms. The van der Waals surface area contributed by atoms with Crippen LogP contribution in [-0.2, 0) is 9.53 Å². The van der Waals surface area contributed by atoms with Crippen LogP contribution in [0.3, 0.4) is 0 Å². The van der Waals surface area contributed by atoms with Gasteiger partial charge in [-0.05, 0) is 12.8 Å². The Morgan fingerprint density at radius 3 is 2.57 bits per heavy atom. The number of hydrogen-bond acceptors (Lipinski definition) is 7. The van der Waals surface area contributed by atoms with Gasteiger partial charge in [-0.15, -0.1) is 0 Å². The Morgan fingerprint density at radius 2 is 2.21 bits per heavy atom. The van der Waals surface area contributed by atoms with Crippen LogP contribution in [0.15, 0.2) is 17.0 Å². The van der Waals surface area contributed by atoms with Crippen LogP contribution in [0.4, 0.5) is 0 Å². The third-order valence-electron chi connectivity index (χ3n) is 1.01. The zero-order valence-electron chi connectivity index (χ0n) is 7.51. The number of esters is 1. The van der Waals surface area contributed by atoms with Gasteiger partial charge < -0.3 is 9.84 Å². The molecule has 0 aromatic rings. The highest BCUT2D eigenvalue weighted by atomic mass is 16.6. The molecular formula is C6H8N3O5-. The molecule has 1 N–H and O–H groups in total. The molecule has 8 heteroatoms. The summed E-state index contributed by atoms with van der Waals surface area (Å²) < 4.78 is 4.12.